The zero-order valence-electron chi connectivity index (χ0n) is 18.7. The van der Waals surface area contributed by atoms with Gasteiger partial charge in [-0.25, -0.2) is 9.18 Å². The highest BCUT2D eigenvalue weighted by Gasteiger charge is 2.59. The van der Waals surface area contributed by atoms with Crippen LogP contribution in [0.1, 0.15) is 39.9 Å². The first-order valence-corrected chi connectivity index (χ1v) is 10.5. The molecule has 0 aliphatic carbocycles. The SMILES string of the molecule is Cc1cc(C(O)(C(C)c2ccc(Oc3ccc(C(=O)O)cc3F)cc2Cl)C(F)(F)F)cn(C)c1=O. The summed E-state index contributed by atoms with van der Waals surface area (Å²) in [5.41, 5.74) is -4.79. The number of carboxylic acid groups (broad SMARTS) is 1. The highest BCUT2D eigenvalue weighted by atomic mass is 35.5. The van der Waals surface area contributed by atoms with Crippen molar-refractivity contribution in [1.82, 2.24) is 4.57 Å². The molecular weight excluding hydrogens is 494 g/mol. The van der Waals surface area contributed by atoms with Gasteiger partial charge in [-0.1, -0.05) is 24.6 Å². The second kappa shape index (κ2) is 9.35. The van der Waals surface area contributed by atoms with Gasteiger partial charge in [-0.15, -0.1) is 0 Å². The number of aliphatic hydroxyl groups is 1. The number of ether oxygens (including phenoxy) is 1. The molecule has 0 aliphatic heterocycles. The molecule has 0 amide bonds. The molecule has 2 N–H and O–H groups in total. The second-order valence-electron chi connectivity index (χ2n) is 8.05. The number of benzene rings is 2. The monoisotopic (exact) mass is 513 g/mol. The van der Waals surface area contributed by atoms with E-state index in [1.54, 1.807) is 0 Å². The van der Waals surface area contributed by atoms with Crippen molar-refractivity contribution in [2.24, 2.45) is 7.05 Å². The molecule has 2 atom stereocenters. The van der Waals surface area contributed by atoms with Crippen molar-refractivity contribution in [3.8, 4) is 11.5 Å². The third-order valence-electron chi connectivity index (χ3n) is 5.71. The lowest BCUT2D eigenvalue weighted by Gasteiger charge is -2.37. The van der Waals surface area contributed by atoms with Crippen LogP contribution in [-0.2, 0) is 12.6 Å². The van der Waals surface area contributed by atoms with Crippen LogP contribution in [-0.4, -0.2) is 26.9 Å². The van der Waals surface area contributed by atoms with Crippen LogP contribution in [0.2, 0.25) is 5.02 Å². The summed E-state index contributed by atoms with van der Waals surface area (Å²) < 4.78 is 63.2. The molecule has 0 saturated carbocycles. The van der Waals surface area contributed by atoms with Crippen molar-refractivity contribution >= 4 is 17.6 Å². The van der Waals surface area contributed by atoms with E-state index in [4.69, 9.17) is 21.4 Å². The van der Waals surface area contributed by atoms with E-state index in [1.165, 1.54) is 26.1 Å². The lowest BCUT2D eigenvalue weighted by Crippen LogP contribution is -2.47. The average Bonchev–Trinajstić information content (AvgIpc) is 2.76. The van der Waals surface area contributed by atoms with Crippen LogP contribution in [0.25, 0.3) is 0 Å². The molecule has 2 aromatic carbocycles. The minimum Gasteiger partial charge on any atom is -0.478 e. The Bertz CT molecular complexity index is 1330. The van der Waals surface area contributed by atoms with Gasteiger partial charge in [-0.2, -0.15) is 13.2 Å². The zero-order valence-corrected chi connectivity index (χ0v) is 19.4. The number of rotatable bonds is 6. The molecule has 0 spiro atoms. The molecule has 6 nitrogen and oxygen atoms in total. The zero-order chi connectivity index (χ0) is 26.3. The van der Waals surface area contributed by atoms with Gasteiger partial charge in [0.25, 0.3) is 5.56 Å². The van der Waals surface area contributed by atoms with Gasteiger partial charge in [0.2, 0.25) is 0 Å². The average molecular weight is 514 g/mol. The molecule has 0 bridgehead atoms. The fraction of sp³-hybridized carbons (Fsp3) is 0.250. The van der Waals surface area contributed by atoms with E-state index in [1.807, 2.05) is 0 Å². The third kappa shape index (κ3) is 4.89. The molecule has 0 aliphatic rings. The Labute approximate surface area is 202 Å². The molecule has 0 saturated heterocycles. The van der Waals surface area contributed by atoms with Crippen LogP contribution in [0.15, 0.2) is 53.5 Å². The predicted molar refractivity (Wildman–Crippen MR) is 120 cm³/mol. The summed E-state index contributed by atoms with van der Waals surface area (Å²) in [6, 6.07) is 7.56. The maximum absolute atomic E-state index is 14.2. The normalized spacial score (nSPS) is 14.3. The van der Waals surface area contributed by atoms with Gasteiger partial charge in [-0.05, 0) is 48.9 Å². The maximum atomic E-state index is 14.2. The summed E-state index contributed by atoms with van der Waals surface area (Å²) >= 11 is 6.24. The summed E-state index contributed by atoms with van der Waals surface area (Å²) in [6.07, 6.45) is -4.21. The topological polar surface area (TPSA) is 88.8 Å². The number of alkyl halides is 3. The molecule has 1 aromatic heterocycles. The Morgan fingerprint density at radius 2 is 1.80 bits per heavy atom. The second-order valence-corrected chi connectivity index (χ2v) is 8.46. The number of pyridine rings is 1. The third-order valence-corrected chi connectivity index (χ3v) is 6.03. The molecule has 2 unspecified atom stereocenters. The van der Waals surface area contributed by atoms with E-state index in [0.29, 0.717) is 0 Å². The number of carboxylic acids is 1. The summed E-state index contributed by atoms with van der Waals surface area (Å²) in [5, 5.41) is 19.7. The molecule has 3 rings (SSSR count). The molecule has 1 heterocycles. The fourth-order valence-corrected chi connectivity index (χ4v) is 4.07. The largest absolute Gasteiger partial charge is 0.478 e. The number of hydrogen-bond donors (Lipinski definition) is 2. The van der Waals surface area contributed by atoms with Gasteiger partial charge in [0.15, 0.2) is 17.2 Å². The maximum Gasteiger partial charge on any atom is 0.422 e. The Morgan fingerprint density at radius 3 is 2.31 bits per heavy atom. The number of aryl methyl sites for hydroxylation is 2. The number of halogens is 5. The van der Waals surface area contributed by atoms with Crippen LogP contribution in [0, 0.1) is 12.7 Å². The summed E-state index contributed by atoms with van der Waals surface area (Å²) in [6.45, 7) is 2.48. The minimum absolute atomic E-state index is 0.0191. The van der Waals surface area contributed by atoms with E-state index in [0.717, 1.165) is 48.0 Å². The molecule has 186 valence electrons. The Balaban J connectivity index is 2.01. The fourth-order valence-electron chi connectivity index (χ4n) is 3.74. The smallest absolute Gasteiger partial charge is 0.422 e. The standard InChI is InChI=1S/C24H20ClF4NO5/c1-12-8-15(11-30(3)21(12)31)23(34,24(27,28)29)13(2)17-6-5-16(10-18(17)25)35-20-7-4-14(22(32)33)9-19(20)26/h4-11,13,34H,1-3H3,(H,32,33). The molecule has 0 fully saturated rings. The summed E-state index contributed by atoms with van der Waals surface area (Å²) in [7, 11) is 1.28. The van der Waals surface area contributed by atoms with Crippen molar-refractivity contribution in [2.75, 3.05) is 0 Å². The van der Waals surface area contributed by atoms with Crippen LogP contribution < -0.4 is 10.3 Å². The Hall–Kier alpha value is -3.37. The number of hydrogen-bond acceptors (Lipinski definition) is 4. The van der Waals surface area contributed by atoms with E-state index in [2.05, 4.69) is 0 Å². The first-order valence-electron chi connectivity index (χ1n) is 10.1. The van der Waals surface area contributed by atoms with Crippen LogP contribution in [0.4, 0.5) is 17.6 Å². The summed E-state index contributed by atoms with van der Waals surface area (Å²) in [5.74, 6) is -4.26. The van der Waals surface area contributed by atoms with Gasteiger partial charge in [0.1, 0.15) is 5.75 Å². The minimum atomic E-state index is -5.14. The van der Waals surface area contributed by atoms with Gasteiger partial charge in [-0.3, -0.25) is 4.79 Å². The summed E-state index contributed by atoms with van der Waals surface area (Å²) in [4.78, 5) is 22.9. The van der Waals surface area contributed by atoms with Gasteiger partial charge < -0.3 is 19.5 Å². The van der Waals surface area contributed by atoms with Crippen molar-refractivity contribution in [1.29, 1.82) is 0 Å². The van der Waals surface area contributed by atoms with Crippen molar-refractivity contribution < 1.29 is 37.3 Å². The quantitative estimate of drug-likeness (QED) is 0.423. The van der Waals surface area contributed by atoms with Gasteiger partial charge in [0.05, 0.1) is 5.56 Å². The molecule has 11 heteroatoms. The lowest BCUT2D eigenvalue weighted by molar-refractivity contribution is -0.274. The van der Waals surface area contributed by atoms with Crippen LogP contribution >= 0.6 is 11.6 Å². The highest BCUT2D eigenvalue weighted by Crippen LogP contribution is 2.50. The highest BCUT2D eigenvalue weighted by molar-refractivity contribution is 6.31. The molecule has 0 radical (unpaired) electrons. The van der Waals surface area contributed by atoms with Crippen LogP contribution in [0.3, 0.4) is 0 Å². The number of carbonyl (C=O) groups is 1. The van der Waals surface area contributed by atoms with Gasteiger partial charge in [0, 0.05) is 35.3 Å². The number of aromatic carboxylic acids is 1. The molecule has 35 heavy (non-hydrogen) atoms. The van der Waals surface area contributed by atoms with E-state index >= 15 is 0 Å². The van der Waals surface area contributed by atoms with E-state index in [9.17, 15) is 32.3 Å². The first-order chi connectivity index (χ1) is 16.2. The number of nitrogens with zero attached hydrogens (tertiary/aromatic N) is 1. The number of aromatic nitrogens is 1. The van der Waals surface area contributed by atoms with E-state index < -0.39 is 40.6 Å². The molecular formula is C24H20ClF4NO5. The Kier molecular flexibility index (Phi) is 7.01. The Morgan fingerprint density at radius 1 is 1.14 bits per heavy atom. The van der Waals surface area contributed by atoms with Crippen molar-refractivity contribution in [2.45, 2.75) is 31.5 Å². The van der Waals surface area contributed by atoms with Crippen LogP contribution in [0.5, 0.6) is 11.5 Å². The van der Waals surface area contributed by atoms with Crippen molar-refractivity contribution in [3.63, 3.8) is 0 Å². The van der Waals surface area contributed by atoms with Crippen molar-refractivity contribution in [3.05, 3.63) is 92.1 Å². The molecule has 3 aromatic rings. The first kappa shape index (κ1) is 26.2. The van der Waals surface area contributed by atoms with E-state index in [-0.39, 0.29) is 33.2 Å². The predicted octanol–water partition coefficient (Wildman–Crippen LogP) is 5.53. The lowest BCUT2D eigenvalue weighted by atomic mass is 9.78. The van der Waals surface area contributed by atoms with Gasteiger partial charge >= 0.3 is 12.1 Å².